The molecule has 1 fully saturated rings. The van der Waals surface area contributed by atoms with Gasteiger partial charge in [0.2, 0.25) is 0 Å². The molecule has 0 saturated carbocycles. The van der Waals surface area contributed by atoms with E-state index in [1.165, 1.54) is 32.9 Å². The molecule has 2 unspecified atom stereocenters. The van der Waals surface area contributed by atoms with Crippen molar-refractivity contribution in [1.29, 1.82) is 0 Å². The molecule has 3 aromatic rings. The Hall–Kier alpha value is -3.60. The second kappa shape index (κ2) is 12.7. The van der Waals surface area contributed by atoms with E-state index in [2.05, 4.69) is 0 Å². The smallest absolute Gasteiger partial charge is 0.303 e. The molecule has 0 amide bonds. The average Bonchev–Trinajstić information content (AvgIpc) is 3.35. The Balaban J connectivity index is 1.65. The molecule has 1 aliphatic rings. The van der Waals surface area contributed by atoms with Crippen LogP contribution in [-0.2, 0) is 39.8 Å². The van der Waals surface area contributed by atoms with Crippen molar-refractivity contribution in [3.63, 3.8) is 0 Å². The van der Waals surface area contributed by atoms with E-state index in [0.29, 0.717) is 12.0 Å². The molecule has 5 atom stereocenters. The molecule has 8 nitrogen and oxygen atoms in total. The van der Waals surface area contributed by atoms with Crippen molar-refractivity contribution >= 4 is 29.2 Å². The second-order valence-electron chi connectivity index (χ2n) is 9.67. The summed E-state index contributed by atoms with van der Waals surface area (Å²) in [6.07, 6.45) is -5.17. The fourth-order valence-corrected chi connectivity index (χ4v) is 5.70. The third-order valence-electron chi connectivity index (χ3n) is 6.57. The number of aryl methyl sites for hydroxylation is 1. The summed E-state index contributed by atoms with van der Waals surface area (Å²) in [7, 11) is 0. The van der Waals surface area contributed by atoms with Gasteiger partial charge in [0.1, 0.15) is 30.7 Å². The normalized spacial score (nSPS) is 22.4. The lowest BCUT2D eigenvalue weighted by Gasteiger charge is -2.43. The maximum Gasteiger partial charge on any atom is 0.303 e. The van der Waals surface area contributed by atoms with Gasteiger partial charge in [-0.05, 0) is 53.4 Å². The molecule has 0 radical (unpaired) electrons. The Labute approximate surface area is 235 Å². The summed E-state index contributed by atoms with van der Waals surface area (Å²) in [6.45, 7) is 5.34. The standard InChI is InChI=1S/C30H31FO8S/c1-16-5-6-21(13-22(16)14-24-11-12-26(40-24)20-7-9-23(31)10-8-20)28-30(38-19(4)34)29(37-18(3)33)27(35)25(39-28)15-36-17(2)32/h5-13,25,27-30,35H,14-15H2,1-4H3/t25?,27-,28?,29+,30+/m1/s1. The van der Waals surface area contributed by atoms with Gasteiger partial charge in [-0.15, -0.1) is 11.3 Å². The minimum atomic E-state index is -1.41. The van der Waals surface area contributed by atoms with E-state index in [9.17, 15) is 23.9 Å². The van der Waals surface area contributed by atoms with Crippen molar-refractivity contribution in [3.8, 4) is 10.4 Å². The fourth-order valence-electron chi connectivity index (χ4n) is 4.67. The van der Waals surface area contributed by atoms with Crippen LogP contribution in [0, 0.1) is 12.7 Å². The minimum Gasteiger partial charge on any atom is -0.463 e. The number of ether oxygens (including phenoxy) is 4. The van der Waals surface area contributed by atoms with Gasteiger partial charge in [-0.3, -0.25) is 14.4 Å². The van der Waals surface area contributed by atoms with Crippen LogP contribution in [0.3, 0.4) is 0 Å². The molecule has 4 rings (SSSR count). The van der Waals surface area contributed by atoms with E-state index in [1.807, 2.05) is 37.3 Å². The quantitative estimate of drug-likeness (QED) is 0.307. The van der Waals surface area contributed by atoms with E-state index in [-0.39, 0.29) is 12.4 Å². The molecule has 1 aromatic heterocycles. The van der Waals surface area contributed by atoms with Crippen LogP contribution in [0.1, 0.15) is 48.4 Å². The molecule has 0 aliphatic carbocycles. The summed E-state index contributed by atoms with van der Waals surface area (Å²) < 4.78 is 35.5. The predicted octanol–water partition coefficient (Wildman–Crippen LogP) is 4.68. The Morgan fingerprint density at radius 3 is 2.25 bits per heavy atom. The van der Waals surface area contributed by atoms with Crippen LogP contribution in [-0.4, -0.2) is 54.0 Å². The summed E-state index contributed by atoms with van der Waals surface area (Å²) >= 11 is 1.60. The van der Waals surface area contributed by atoms with Gasteiger partial charge in [0.25, 0.3) is 0 Å². The molecule has 0 spiro atoms. The number of carbonyl (C=O) groups is 3. The van der Waals surface area contributed by atoms with Gasteiger partial charge in [0.15, 0.2) is 12.2 Å². The van der Waals surface area contributed by atoms with Crippen LogP contribution in [0.4, 0.5) is 4.39 Å². The number of hydrogen-bond donors (Lipinski definition) is 1. The van der Waals surface area contributed by atoms with E-state index >= 15 is 0 Å². The number of halogens is 1. The van der Waals surface area contributed by atoms with Crippen LogP contribution in [0.5, 0.6) is 0 Å². The van der Waals surface area contributed by atoms with E-state index in [4.69, 9.17) is 18.9 Å². The summed E-state index contributed by atoms with van der Waals surface area (Å²) in [5, 5.41) is 10.9. The molecule has 2 aromatic carbocycles. The molecule has 0 bridgehead atoms. The highest BCUT2D eigenvalue weighted by Gasteiger charge is 2.50. The SMILES string of the molecule is CC(=O)OCC1OC(c2ccc(C)c(Cc3ccc(-c4ccc(F)cc4)s3)c2)[C@H](OC(C)=O)[C@@H](OC(C)=O)[C@@H]1O. The van der Waals surface area contributed by atoms with E-state index < -0.39 is 48.4 Å². The number of aliphatic hydroxyl groups is 1. The van der Waals surface area contributed by atoms with Gasteiger partial charge in [-0.25, -0.2) is 4.39 Å². The zero-order valence-corrected chi connectivity index (χ0v) is 23.4. The topological polar surface area (TPSA) is 108 Å². The second-order valence-corrected chi connectivity index (χ2v) is 10.8. The van der Waals surface area contributed by atoms with Crippen LogP contribution < -0.4 is 0 Å². The molecule has 2 heterocycles. The maximum atomic E-state index is 13.3. The first-order valence-corrected chi connectivity index (χ1v) is 13.6. The largest absolute Gasteiger partial charge is 0.463 e. The van der Waals surface area contributed by atoms with Gasteiger partial charge in [-0.2, -0.15) is 0 Å². The van der Waals surface area contributed by atoms with E-state index in [1.54, 1.807) is 23.5 Å². The zero-order valence-electron chi connectivity index (χ0n) is 22.6. The van der Waals surface area contributed by atoms with Gasteiger partial charge in [0, 0.05) is 36.9 Å². The lowest BCUT2D eigenvalue weighted by Crippen LogP contribution is -2.58. The summed E-state index contributed by atoms with van der Waals surface area (Å²) in [5.74, 6) is -2.16. The minimum absolute atomic E-state index is 0.280. The van der Waals surface area contributed by atoms with Crippen molar-refractivity contribution in [2.45, 2.75) is 64.6 Å². The molecular weight excluding hydrogens is 539 g/mol. The van der Waals surface area contributed by atoms with Gasteiger partial charge in [-0.1, -0.05) is 30.3 Å². The molecule has 40 heavy (non-hydrogen) atoms. The molecule has 1 aliphatic heterocycles. The molecule has 10 heteroatoms. The first kappa shape index (κ1) is 29.4. The Kier molecular flexibility index (Phi) is 9.34. The first-order chi connectivity index (χ1) is 19.0. The Morgan fingerprint density at radius 1 is 0.925 bits per heavy atom. The maximum absolute atomic E-state index is 13.3. The van der Waals surface area contributed by atoms with Crippen LogP contribution >= 0.6 is 11.3 Å². The highest BCUT2D eigenvalue weighted by Crippen LogP contribution is 2.38. The van der Waals surface area contributed by atoms with E-state index in [0.717, 1.165) is 26.4 Å². The lowest BCUT2D eigenvalue weighted by atomic mass is 9.89. The van der Waals surface area contributed by atoms with Gasteiger partial charge < -0.3 is 24.1 Å². The summed E-state index contributed by atoms with van der Waals surface area (Å²) in [6, 6.07) is 16.0. The van der Waals surface area contributed by atoms with Crippen LogP contribution in [0.25, 0.3) is 10.4 Å². The molecular formula is C30H31FO8S. The number of carbonyl (C=O) groups excluding carboxylic acids is 3. The number of benzene rings is 2. The number of hydrogen-bond acceptors (Lipinski definition) is 9. The number of esters is 3. The molecule has 1 saturated heterocycles. The first-order valence-electron chi connectivity index (χ1n) is 12.8. The van der Waals surface area contributed by atoms with Crippen molar-refractivity contribution in [2.24, 2.45) is 0 Å². The van der Waals surface area contributed by atoms with Gasteiger partial charge >= 0.3 is 17.9 Å². The summed E-state index contributed by atoms with van der Waals surface area (Å²) in [5.41, 5.74) is 3.58. The lowest BCUT2D eigenvalue weighted by molar-refractivity contribution is -0.249. The zero-order chi connectivity index (χ0) is 29.0. The average molecular weight is 571 g/mol. The predicted molar refractivity (Wildman–Crippen MR) is 145 cm³/mol. The summed E-state index contributed by atoms with van der Waals surface area (Å²) in [4.78, 5) is 37.5. The highest BCUT2D eigenvalue weighted by atomic mass is 32.1. The van der Waals surface area contributed by atoms with Crippen molar-refractivity contribution < 1.29 is 42.8 Å². The van der Waals surface area contributed by atoms with Crippen molar-refractivity contribution in [1.82, 2.24) is 0 Å². The fraction of sp³-hybridized carbons (Fsp3) is 0.367. The molecule has 212 valence electrons. The van der Waals surface area contributed by atoms with Crippen LogP contribution in [0.2, 0.25) is 0 Å². The van der Waals surface area contributed by atoms with Crippen molar-refractivity contribution in [3.05, 3.63) is 82.0 Å². The Morgan fingerprint density at radius 2 is 1.60 bits per heavy atom. The number of aliphatic hydroxyl groups excluding tert-OH is 1. The highest BCUT2D eigenvalue weighted by molar-refractivity contribution is 7.15. The third kappa shape index (κ3) is 7.12. The number of thiophene rings is 1. The Bertz CT molecular complexity index is 1370. The van der Waals surface area contributed by atoms with Gasteiger partial charge in [0.05, 0.1) is 0 Å². The van der Waals surface area contributed by atoms with Crippen molar-refractivity contribution in [2.75, 3.05) is 6.61 Å². The number of rotatable bonds is 8. The molecule has 1 N–H and O–H groups in total. The monoisotopic (exact) mass is 570 g/mol. The third-order valence-corrected chi connectivity index (χ3v) is 7.71. The van der Waals surface area contributed by atoms with Crippen LogP contribution in [0.15, 0.2) is 54.6 Å².